The molecule has 0 spiro atoms. The zero-order valence-electron chi connectivity index (χ0n) is 13.3. The Kier molecular flexibility index (Phi) is 2.03. The fourth-order valence-electron chi connectivity index (χ4n) is 1.38. The predicted molar refractivity (Wildman–Crippen MR) is 65.5 cm³/mol. The SMILES string of the molecule is [2H]c1c([2H])c(-c2[nH]c(=O)ccc2C(=O)OC)c([2H])c([2H])c1O. The number of carbonyl (C=O) groups excluding carboxylic acids is 1. The van der Waals surface area contributed by atoms with Crippen molar-refractivity contribution in [2.45, 2.75) is 0 Å². The molecule has 1 heterocycles. The van der Waals surface area contributed by atoms with Crippen molar-refractivity contribution in [3.63, 3.8) is 0 Å². The van der Waals surface area contributed by atoms with E-state index in [2.05, 4.69) is 9.72 Å². The number of methoxy groups -OCH3 is 1. The van der Waals surface area contributed by atoms with Gasteiger partial charge in [0, 0.05) is 6.07 Å². The molecule has 0 radical (unpaired) electrons. The van der Waals surface area contributed by atoms with E-state index in [1.165, 1.54) is 6.07 Å². The second-order valence-electron chi connectivity index (χ2n) is 3.33. The largest absolute Gasteiger partial charge is 0.508 e. The molecule has 0 atom stereocenters. The van der Waals surface area contributed by atoms with Crippen LogP contribution in [0.4, 0.5) is 0 Å². The summed E-state index contributed by atoms with van der Waals surface area (Å²) in [5, 5.41) is 9.54. The first kappa shape index (κ1) is 7.71. The van der Waals surface area contributed by atoms with E-state index >= 15 is 0 Å². The van der Waals surface area contributed by atoms with Crippen molar-refractivity contribution in [2.24, 2.45) is 0 Å². The number of phenolic OH excluding ortho intramolecular Hbond substituents is 1. The molecule has 0 unspecified atom stereocenters. The Morgan fingerprint density at radius 2 is 2.00 bits per heavy atom. The van der Waals surface area contributed by atoms with Gasteiger partial charge in [0.25, 0.3) is 0 Å². The molecule has 5 nitrogen and oxygen atoms in total. The maximum absolute atomic E-state index is 11.8. The number of H-pyrrole nitrogens is 1. The summed E-state index contributed by atoms with van der Waals surface area (Å²) in [6.07, 6.45) is 0. The molecular weight excluding hydrogens is 234 g/mol. The first-order chi connectivity index (χ1) is 10.3. The van der Waals surface area contributed by atoms with Gasteiger partial charge in [-0.05, 0) is 35.8 Å². The Labute approximate surface area is 108 Å². The van der Waals surface area contributed by atoms with Crippen molar-refractivity contribution in [3.05, 3.63) is 52.2 Å². The number of benzene rings is 1. The fraction of sp³-hybridized carbons (Fsp3) is 0.0769. The Hall–Kier alpha value is -2.56. The number of aromatic nitrogens is 1. The standard InChI is InChI=1S/C13H11NO4/c1-18-13(17)10-6-7-11(16)14-12(10)8-2-4-9(15)5-3-8/h2-7,15H,1H3,(H,14,16)/i2D,3D,4D,5D. The van der Waals surface area contributed by atoms with Crippen LogP contribution in [0.25, 0.3) is 11.3 Å². The average Bonchev–Trinajstić information content (AvgIpc) is 2.50. The smallest absolute Gasteiger partial charge is 0.340 e. The predicted octanol–water partition coefficient (Wildman–Crippen LogP) is 1.53. The zero-order valence-corrected chi connectivity index (χ0v) is 9.33. The first-order valence-corrected chi connectivity index (χ1v) is 4.90. The molecule has 5 heteroatoms. The molecule has 1 aromatic heterocycles. The summed E-state index contributed by atoms with van der Waals surface area (Å²) in [4.78, 5) is 25.6. The molecule has 2 N–H and O–H groups in total. The Morgan fingerprint density at radius 1 is 1.33 bits per heavy atom. The van der Waals surface area contributed by atoms with Crippen LogP contribution < -0.4 is 5.56 Å². The summed E-state index contributed by atoms with van der Waals surface area (Å²) >= 11 is 0. The number of nitrogens with one attached hydrogen (secondary N) is 1. The molecule has 0 saturated carbocycles. The number of hydrogen-bond donors (Lipinski definition) is 2. The second kappa shape index (κ2) is 4.75. The second-order valence-corrected chi connectivity index (χ2v) is 3.33. The molecule has 0 bridgehead atoms. The molecule has 0 aliphatic rings. The molecule has 0 aliphatic heterocycles. The molecular formula is C13H11NO4. The van der Waals surface area contributed by atoms with Gasteiger partial charge < -0.3 is 14.8 Å². The van der Waals surface area contributed by atoms with Crippen LogP contribution in [0, 0.1) is 0 Å². The van der Waals surface area contributed by atoms with Gasteiger partial charge in [-0.3, -0.25) is 4.79 Å². The van der Waals surface area contributed by atoms with Crippen LogP contribution in [0.2, 0.25) is 0 Å². The third kappa shape index (κ3) is 2.24. The lowest BCUT2D eigenvalue weighted by Gasteiger charge is -2.07. The Bertz CT molecular complexity index is 803. The maximum Gasteiger partial charge on any atom is 0.340 e. The molecule has 0 amide bonds. The summed E-state index contributed by atoms with van der Waals surface area (Å²) in [7, 11) is 1.13. The minimum Gasteiger partial charge on any atom is -0.508 e. The summed E-state index contributed by atoms with van der Waals surface area (Å²) in [6.45, 7) is 0. The number of aromatic amines is 1. The van der Waals surface area contributed by atoms with E-state index in [9.17, 15) is 14.7 Å². The van der Waals surface area contributed by atoms with Crippen LogP contribution in [-0.4, -0.2) is 23.2 Å². The Morgan fingerprint density at radius 3 is 2.61 bits per heavy atom. The molecule has 2 rings (SSSR count). The van der Waals surface area contributed by atoms with Crippen LogP contribution in [-0.2, 0) is 4.74 Å². The number of pyridine rings is 1. The van der Waals surface area contributed by atoms with Crippen molar-refractivity contribution >= 4 is 5.97 Å². The number of ether oxygens (including phenoxy) is 1. The van der Waals surface area contributed by atoms with Crippen LogP contribution >= 0.6 is 0 Å². The lowest BCUT2D eigenvalue weighted by molar-refractivity contribution is 0.0601. The zero-order chi connectivity index (χ0) is 16.6. The molecule has 0 aliphatic carbocycles. The van der Waals surface area contributed by atoms with Gasteiger partial charge in [0.1, 0.15) is 5.75 Å². The van der Waals surface area contributed by atoms with E-state index < -0.39 is 41.4 Å². The molecule has 18 heavy (non-hydrogen) atoms. The van der Waals surface area contributed by atoms with Gasteiger partial charge in [0.2, 0.25) is 5.56 Å². The van der Waals surface area contributed by atoms with E-state index in [4.69, 9.17) is 5.48 Å². The van der Waals surface area contributed by atoms with Crippen molar-refractivity contribution in [2.75, 3.05) is 7.11 Å². The van der Waals surface area contributed by atoms with E-state index in [-0.39, 0.29) is 16.8 Å². The van der Waals surface area contributed by atoms with Gasteiger partial charge in [-0.25, -0.2) is 4.79 Å². The van der Waals surface area contributed by atoms with Crippen molar-refractivity contribution in [3.8, 4) is 17.0 Å². The summed E-state index contributed by atoms with van der Waals surface area (Å²) in [5.74, 6) is -1.62. The molecule has 0 fully saturated rings. The fourth-order valence-corrected chi connectivity index (χ4v) is 1.38. The van der Waals surface area contributed by atoms with Crippen LogP contribution in [0.3, 0.4) is 0 Å². The number of hydrogen-bond acceptors (Lipinski definition) is 4. The monoisotopic (exact) mass is 249 g/mol. The van der Waals surface area contributed by atoms with Gasteiger partial charge in [-0.2, -0.15) is 0 Å². The van der Waals surface area contributed by atoms with Crippen molar-refractivity contribution in [1.82, 2.24) is 4.98 Å². The van der Waals surface area contributed by atoms with Crippen LogP contribution in [0.1, 0.15) is 15.8 Å². The number of rotatable bonds is 2. The number of phenols is 1. The lowest BCUT2D eigenvalue weighted by Crippen LogP contribution is -2.12. The van der Waals surface area contributed by atoms with E-state index in [0.717, 1.165) is 13.2 Å². The van der Waals surface area contributed by atoms with Gasteiger partial charge in [-0.1, -0.05) is 0 Å². The minimum atomic E-state index is -0.809. The summed E-state index contributed by atoms with van der Waals surface area (Å²) in [6, 6.07) is -0.255. The van der Waals surface area contributed by atoms with Crippen molar-refractivity contribution < 1.29 is 20.1 Å². The first-order valence-electron chi connectivity index (χ1n) is 6.90. The average molecular weight is 249 g/mol. The summed E-state index contributed by atoms with van der Waals surface area (Å²) < 4.78 is 35.5. The van der Waals surface area contributed by atoms with Gasteiger partial charge >= 0.3 is 5.97 Å². The number of carbonyl (C=O) groups is 1. The quantitative estimate of drug-likeness (QED) is 0.791. The van der Waals surface area contributed by atoms with Crippen LogP contribution in [0.5, 0.6) is 5.75 Å². The molecule has 92 valence electrons. The van der Waals surface area contributed by atoms with Crippen LogP contribution in [0.15, 0.2) is 41.1 Å². The summed E-state index contributed by atoms with van der Waals surface area (Å²) in [5.41, 5.74) is -1.21. The normalized spacial score (nSPS) is 13.2. The van der Waals surface area contributed by atoms with E-state index in [1.807, 2.05) is 0 Å². The highest BCUT2D eigenvalue weighted by Crippen LogP contribution is 2.22. The van der Waals surface area contributed by atoms with Crippen molar-refractivity contribution in [1.29, 1.82) is 0 Å². The number of aromatic hydroxyl groups is 1. The lowest BCUT2D eigenvalue weighted by atomic mass is 10.1. The minimum absolute atomic E-state index is 0.117. The highest BCUT2D eigenvalue weighted by molar-refractivity contribution is 5.95. The topological polar surface area (TPSA) is 79.4 Å². The number of esters is 1. The molecule has 2 aromatic rings. The maximum atomic E-state index is 11.8. The third-order valence-electron chi connectivity index (χ3n) is 2.19. The van der Waals surface area contributed by atoms with E-state index in [0.29, 0.717) is 0 Å². The van der Waals surface area contributed by atoms with Gasteiger partial charge in [0.15, 0.2) is 0 Å². The Balaban J connectivity index is 2.92. The highest BCUT2D eigenvalue weighted by atomic mass is 16.5. The molecule has 0 saturated heterocycles. The van der Waals surface area contributed by atoms with Gasteiger partial charge in [-0.15, -0.1) is 0 Å². The highest BCUT2D eigenvalue weighted by Gasteiger charge is 2.14. The molecule has 1 aromatic carbocycles. The van der Waals surface area contributed by atoms with Gasteiger partial charge in [0.05, 0.1) is 23.9 Å². The van der Waals surface area contributed by atoms with E-state index in [1.54, 1.807) is 0 Å². The third-order valence-corrected chi connectivity index (χ3v) is 2.19.